The number of nitriles is 1. The van der Waals surface area contributed by atoms with Gasteiger partial charge >= 0.3 is 0 Å². The third-order valence-corrected chi connectivity index (χ3v) is 3.81. The van der Waals surface area contributed by atoms with Gasteiger partial charge in [0.25, 0.3) is 5.56 Å². The van der Waals surface area contributed by atoms with Crippen molar-refractivity contribution in [2.75, 3.05) is 7.11 Å². The molecule has 6 heteroatoms. The third-order valence-electron chi connectivity index (χ3n) is 3.81. The van der Waals surface area contributed by atoms with Crippen molar-refractivity contribution in [3.63, 3.8) is 0 Å². The van der Waals surface area contributed by atoms with E-state index >= 15 is 0 Å². The van der Waals surface area contributed by atoms with Crippen molar-refractivity contribution in [2.45, 2.75) is 26.8 Å². The Bertz CT molecular complexity index is 891. The normalized spacial score (nSPS) is 10.2. The van der Waals surface area contributed by atoms with E-state index in [2.05, 4.69) is 0 Å². The van der Waals surface area contributed by atoms with Crippen molar-refractivity contribution >= 4 is 5.78 Å². The van der Waals surface area contributed by atoms with Crippen molar-refractivity contribution in [3.8, 4) is 17.7 Å². The molecule has 2 rings (SSSR count). The summed E-state index contributed by atoms with van der Waals surface area (Å²) in [6.07, 6.45) is 0.578. The van der Waals surface area contributed by atoms with Crippen LogP contribution in [0.3, 0.4) is 0 Å². The maximum atomic E-state index is 12.9. The fraction of sp³-hybridized carbons (Fsp3) is 0.278. The molecule has 124 valence electrons. The van der Waals surface area contributed by atoms with Gasteiger partial charge in [-0.05, 0) is 31.0 Å². The van der Waals surface area contributed by atoms with Crippen LogP contribution in [-0.4, -0.2) is 22.6 Å². The molecule has 6 nitrogen and oxygen atoms in total. The Morgan fingerprint density at radius 1 is 1.42 bits per heavy atom. The SMILES string of the molecule is CCCn1c(O)c(C(=O)c2cccc(OC)c2)c(C)c(C#N)c1=O. The lowest BCUT2D eigenvalue weighted by atomic mass is 9.97. The van der Waals surface area contributed by atoms with E-state index in [1.54, 1.807) is 24.3 Å². The molecular formula is C18H18N2O4. The number of aromatic hydroxyl groups is 1. The van der Waals surface area contributed by atoms with Gasteiger partial charge in [0.15, 0.2) is 5.78 Å². The zero-order valence-corrected chi connectivity index (χ0v) is 13.8. The summed E-state index contributed by atoms with van der Waals surface area (Å²) in [5, 5.41) is 19.7. The van der Waals surface area contributed by atoms with Crippen molar-refractivity contribution in [1.82, 2.24) is 4.57 Å². The smallest absolute Gasteiger partial charge is 0.271 e. The number of carbonyl (C=O) groups is 1. The summed E-state index contributed by atoms with van der Waals surface area (Å²) < 4.78 is 6.17. The molecular weight excluding hydrogens is 308 g/mol. The highest BCUT2D eigenvalue weighted by molar-refractivity contribution is 6.11. The zero-order valence-electron chi connectivity index (χ0n) is 13.8. The third kappa shape index (κ3) is 2.88. The van der Waals surface area contributed by atoms with E-state index in [0.717, 1.165) is 4.57 Å². The average Bonchev–Trinajstić information content (AvgIpc) is 2.59. The molecule has 24 heavy (non-hydrogen) atoms. The first-order chi connectivity index (χ1) is 11.5. The zero-order chi connectivity index (χ0) is 17.9. The van der Waals surface area contributed by atoms with Gasteiger partial charge < -0.3 is 9.84 Å². The lowest BCUT2D eigenvalue weighted by molar-refractivity contribution is 0.103. The van der Waals surface area contributed by atoms with E-state index in [1.165, 1.54) is 14.0 Å². The number of benzene rings is 1. The van der Waals surface area contributed by atoms with Gasteiger partial charge in [-0.2, -0.15) is 5.26 Å². The first kappa shape index (κ1) is 17.3. The molecule has 0 bridgehead atoms. The van der Waals surface area contributed by atoms with Crippen LogP contribution in [0.4, 0.5) is 0 Å². The standard InChI is InChI=1S/C18H18N2O4/c1-4-8-20-17(22)14(10-19)11(2)15(18(20)23)16(21)12-6-5-7-13(9-12)24-3/h5-7,9,23H,4,8H2,1-3H3. The van der Waals surface area contributed by atoms with Crippen molar-refractivity contribution < 1.29 is 14.6 Å². The summed E-state index contributed by atoms with van der Waals surface area (Å²) in [7, 11) is 1.49. The molecule has 0 amide bonds. The lowest BCUT2D eigenvalue weighted by Gasteiger charge is -2.15. The number of pyridine rings is 1. The number of aromatic nitrogens is 1. The van der Waals surface area contributed by atoms with Crippen LogP contribution in [0.1, 0.15) is 40.4 Å². The Kier molecular flexibility index (Phi) is 5.05. The van der Waals surface area contributed by atoms with E-state index in [1.807, 2.05) is 13.0 Å². The molecule has 1 aromatic heterocycles. The van der Waals surface area contributed by atoms with Crippen molar-refractivity contribution in [2.24, 2.45) is 0 Å². The van der Waals surface area contributed by atoms with Crippen LogP contribution in [0.15, 0.2) is 29.1 Å². The quantitative estimate of drug-likeness (QED) is 0.852. The molecule has 0 aliphatic heterocycles. The van der Waals surface area contributed by atoms with Gasteiger partial charge in [0.05, 0.1) is 12.7 Å². The molecule has 1 N–H and O–H groups in total. The number of methoxy groups -OCH3 is 1. The van der Waals surface area contributed by atoms with Crippen molar-refractivity contribution in [3.05, 3.63) is 56.9 Å². The molecule has 0 fully saturated rings. The molecule has 0 atom stereocenters. The Morgan fingerprint density at radius 3 is 2.71 bits per heavy atom. The number of hydrogen-bond acceptors (Lipinski definition) is 5. The monoisotopic (exact) mass is 326 g/mol. The second kappa shape index (κ2) is 7.01. The fourth-order valence-electron chi connectivity index (χ4n) is 2.56. The minimum Gasteiger partial charge on any atom is -0.497 e. The number of ether oxygens (including phenoxy) is 1. The number of hydrogen-bond donors (Lipinski definition) is 1. The number of nitrogens with zero attached hydrogens (tertiary/aromatic N) is 2. The second-order valence-electron chi connectivity index (χ2n) is 5.33. The molecule has 0 spiro atoms. The van der Waals surface area contributed by atoms with Crippen LogP contribution in [0.25, 0.3) is 0 Å². The molecule has 1 aromatic carbocycles. The van der Waals surface area contributed by atoms with Gasteiger partial charge in [-0.1, -0.05) is 19.1 Å². The van der Waals surface area contributed by atoms with Crippen LogP contribution in [0.5, 0.6) is 11.6 Å². The highest BCUT2D eigenvalue weighted by atomic mass is 16.5. The maximum Gasteiger partial charge on any atom is 0.271 e. The summed E-state index contributed by atoms with van der Waals surface area (Å²) in [6, 6.07) is 8.33. The molecule has 2 aromatic rings. The highest BCUT2D eigenvalue weighted by Gasteiger charge is 2.24. The number of carbonyl (C=O) groups excluding carboxylic acids is 1. The van der Waals surface area contributed by atoms with Crippen LogP contribution in [0, 0.1) is 18.3 Å². The summed E-state index contributed by atoms with van der Waals surface area (Å²) >= 11 is 0. The molecule has 0 unspecified atom stereocenters. The first-order valence-corrected chi connectivity index (χ1v) is 7.51. The van der Waals surface area contributed by atoms with Gasteiger partial charge in [-0.15, -0.1) is 0 Å². The predicted molar refractivity (Wildman–Crippen MR) is 88.5 cm³/mol. The molecule has 0 radical (unpaired) electrons. The molecule has 0 aliphatic rings. The largest absolute Gasteiger partial charge is 0.497 e. The Balaban J connectivity index is 2.73. The topological polar surface area (TPSA) is 92.3 Å². The molecule has 0 saturated heterocycles. The summed E-state index contributed by atoms with van der Waals surface area (Å²) in [4.78, 5) is 25.1. The number of rotatable bonds is 5. The van der Waals surface area contributed by atoms with Crippen LogP contribution in [-0.2, 0) is 6.54 Å². The summed E-state index contributed by atoms with van der Waals surface area (Å²) in [5.74, 6) is -0.378. The fourth-order valence-corrected chi connectivity index (χ4v) is 2.56. The van der Waals surface area contributed by atoms with Gasteiger partial charge in [-0.25, -0.2) is 0 Å². The van der Waals surface area contributed by atoms with Crippen LogP contribution in [0.2, 0.25) is 0 Å². The summed E-state index contributed by atoms with van der Waals surface area (Å²) in [5.41, 5.74) is -0.268. The lowest BCUT2D eigenvalue weighted by Crippen LogP contribution is -2.26. The van der Waals surface area contributed by atoms with Crippen molar-refractivity contribution in [1.29, 1.82) is 5.26 Å². The summed E-state index contributed by atoms with van der Waals surface area (Å²) in [6.45, 7) is 3.54. The van der Waals surface area contributed by atoms with Crippen LogP contribution >= 0.6 is 0 Å². The van der Waals surface area contributed by atoms with Gasteiger partial charge in [0.1, 0.15) is 17.4 Å². The molecule has 0 aliphatic carbocycles. The van der Waals surface area contributed by atoms with Gasteiger partial charge in [-0.3, -0.25) is 14.2 Å². The Hall–Kier alpha value is -3.07. The first-order valence-electron chi connectivity index (χ1n) is 7.51. The van der Waals surface area contributed by atoms with E-state index in [-0.39, 0.29) is 23.2 Å². The highest BCUT2D eigenvalue weighted by Crippen LogP contribution is 2.26. The second-order valence-corrected chi connectivity index (χ2v) is 5.33. The van der Waals surface area contributed by atoms with E-state index < -0.39 is 17.2 Å². The molecule has 0 saturated carbocycles. The number of ketones is 1. The average molecular weight is 326 g/mol. The molecule has 1 heterocycles. The van der Waals surface area contributed by atoms with E-state index in [9.17, 15) is 20.0 Å². The Labute approximate surface area is 139 Å². The van der Waals surface area contributed by atoms with Gasteiger partial charge in [0.2, 0.25) is 5.88 Å². The predicted octanol–water partition coefficient (Wildman–Crippen LogP) is 2.38. The van der Waals surface area contributed by atoms with Gasteiger partial charge in [0, 0.05) is 12.1 Å². The minimum atomic E-state index is -0.587. The Morgan fingerprint density at radius 2 is 2.12 bits per heavy atom. The van der Waals surface area contributed by atoms with E-state index in [0.29, 0.717) is 17.7 Å². The minimum absolute atomic E-state index is 0.0344. The van der Waals surface area contributed by atoms with Crippen LogP contribution < -0.4 is 10.3 Å². The maximum absolute atomic E-state index is 12.9. The van der Waals surface area contributed by atoms with E-state index in [4.69, 9.17) is 4.74 Å².